The fraction of sp³-hybridized carbons (Fsp3) is 1.00. The van der Waals surface area contributed by atoms with Crippen LogP contribution < -0.4 is 5.32 Å². The van der Waals surface area contributed by atoms with Crippen LogP contribution in [0.2, 0.25) is 0 Å². The Balaban J connectivity index is 2.45. The van der Waals surface area contributed by atoms with Crippen LogP contribution in [0.3, 0.4) is 0 Å². The lowest BCUT2D eigenvalue weighted by atomic mass is 10.6. The number of hydrogen-bond acceptors (Lipinski definition) is 2. The van der Waals surface area contributed by atoms with Crippen LogP contribution in [0.4, 0.5) is 0 Å². The lowest BCUT2D eigenvalue weighted by Crippen LogP contribution is -2.13. The minimum atomic E-state index is 0.0833. The Morgan fingerprint density at radius 2 is 1.43 bits per heavy atom. The predicted molar refractivity (Wildman–Crippen MR) is 26.0 cm³/mol. The molecule has 2 N–H and O–H groups in total. The highest BCUT2D eigenvalue weighted by Crippen LogP contribution is 1.58. The molecule has 0 heterocycles. The maximum atomic E-state index is 8.12. The molecule has 0 aliphatic rings. The third-order valence-electron chi connectivity index (χ3n) is 0.516. The molecule has 0 unspecified atom stereocenters. The number of hydrogen-bond donors (Lipinski definition) is 2. The molecular formula is C4H10NO2. The molecule has 1 radical (unpaired) electrons. The third-order valence-corrected chi connectivity index (χ3v) is 0.516. The van der Waals surface area contributed by atoms with Gasteiger partial charge in [0, 0.05) is 13.1 Å². The largest absolute Gasteiger partial charge is 0.395 e. The molecule has 0 amide bonds. The minimum absolute atomic E-state index is 0.0833. The molecule has 0 saturated carbocycles. The lowest BCUT2D eigenvalue weighted by Gasteiger charge is -1.91. The second-order valence-electron chi connectivity index (χ2n) is 1.12. The highest BCUT2D eigenvalue weighted by atomic mass is 16.3. The maximum Gasteiger partial charge on any atom is 0.0572 e. The van der Waals surface area contributed by atoms with Gasteiger partial charge in [-0.2, -0.15) is 0 Å². The zero-order chi connectivity index (χ0) is 5.54. The Morgan fingerprint density at radius 1 is 1.00 bits per heavy atom. The van der Waals surface area contributed by atoms with Gasteiger partial charge in [0.05, 0.1) is 13.2 Å². The molecule has 3 heteroatoms. The second-order valence-corrected chi connectivity index (χ2v) is 1.12. The second kappa shape index (κ2) is 5.88. The normalized spacial score (nSPS) is 9.43. The molecule has 0 atom stereocenters. The van der Waals surface area contributed by atoms with Crippen LogP contribution in [-0.4, -0.2) is 36.5 Å². The zero-order valence-electron chi connectivity index (χ0n) is 4.17. The standard InChI is InChI=1S/C4H10NO2/c6-3-1-5-2-4-7/h6-7H,1-4H2. The van der Waals surface area contributed by atoms with E-state index in [1.807, 2.05) is 0 Å². The van der Waals surface area contributed by atoms with Crippen molar-refractivity contribution in [2.75, 3.05) is 26.3 Å². The molecule has 0 saturated heterocycles. The van der Waals surface area contributed by atoms with Gasteiger partial charge in [-0.1, -0.05) is 0 Å². The average molecular weight is 104 g/mol. The van der Waals surface area contributed by atoms with Crippen molar-refractivity contribution >= 4 is 0 Å². The van der Waals surface area contributed by atoms with Gasteiger partial charge in [0.1, 0.15) is 0 Å². The summed E-state index contributed by atoms with van der Waals surface area (Å²) < 4.78 is 0. The van der Waals surface area contributed by atoms with Gasteiger partial charge in [0.15, 0.2) is 0 Å². The van der Waals surface area contributed by atoms with Crippen molar-refractivity contribution < 1.29 is 10.2 Å². The number of rotatable bonds is 4. The average Bonchev–Trinajstić information content (AvgIpc) is 1.69. The van der Waals surface area contributed by atoms with Crippen molar-refractivity contribution in [3.8, 4) is 0 Å². The van der Waals surface area contributed by atoms with Crippen LogP contribution in [0.1, 0.15) is 0 Å². The van der Waals surface area contributed by atoms with Crippen LogP contribution in [0.15, 0.2) is 0 Å². The Kier molecular flexibility index (Phi) is 5.78. The zero-order valence-corrected chi connectivity index (χ0v) is 4.17. The Hall–Kier alpha value is -0.120. The molecule has 0 aromatic carbocycles. The molecule has 0 bridgehead atoms. The molecule has 7 heavy (non-hydrogen) atoms. The van der Waals surface area contributed by atoms with E-state index >= 15 is 0 Å². The van der Waals surface area contributed by atoms with E-state index in [1.165, 1.54) is 0 Å². The first-order chi connectivity index (χ1) is 3.41. The molecule has 0 fully saturated rings. The van der Waals surface area contributed by atoms with Crippen LogP contribution >= 0.6 is 0 Å². The van der Waals surface area contributed by atoms with Crippen molar-refractivity contribution in [1.29, 1.82) is 0 Å². The summed E-state index contributed by atoms with van der Waals surface area (Å²) in [6.45, 7) is 1.06. The molecule has 0 aromatic heterocycles. The summed E-state index contributed by atoms with van der Waals surface area (Å²) in [6, 6.07) is 0. The quantitative estimate of drug-likeness (QED) is 0.430. The van der Waals surface area contributed by atoms with Crippen molar-refractivity contribution in [2.24, 2.45) is 0 Å². The van der Waals surface area contributed by atoms with E-state index in [2.05, 4.69) is 5.32 Å². The van der Waals surface area contributed by atoms with E-state index in [4.69, 9.17) is 10.2 Å². The minimum Gasteiger partial charge on any atom is -0.395 e. The van der Waals surface area contributed by atoms with Crippen LogP contribution in [0.5, 0.6) is 0 Å². The number of aliphatic hydroxyl groups is 2. The highest BCUT2D eigenvalue weighted by Gasteiger charge is 1.80. The SMILES string of the molecule is OCC[N]CCO. The summed E-state index contributed by atoms with van der Waals surface area (Å²) in [5, 5.41) is 19.9. The smallest absolute Gasteiger partial charge is 0.0572 e. The van der Waals surface area contributed by atoms with E-state index in [9.17, 15) is 0 Å². The number of nitrogens with zero attached hydrogens (tertiary/aromatic N) is 1. The molecule has 0 rings (SSSR count). The summed E-state index contributed by atoms with van der Waals surface area (Å²) >= 11 is 0. The molecule has 3 nitrogen and oxygen atoms in total. The Bertz CT molecular complexity index is 28.9. The van der Waals surface area contributed by atoms with Gasteiger partial charge in [-0.05, 0) is 0 Å². The first-order valence-corrected chi connectivity index (χ1v) is 2.26. The fourth-order valence-corrected chi connectivity index (χ4v) is 0.253. The first-order valence-electron chi connectivity index (χ1n) is 2.26. The third kappa shape index (κ3) is 5.88. The van der Waals surface area contributed by atoms with Crippen LogP contribution in [0, 0.1) is 0 Å². The van der Waals surface area contributed by atoms with E-state index in [-0.39, 0.29) is 13.2 Å². The van der Waals surface area contributed by atoms with Gasteiger partial charge in [0.2, 0.25) is 0 Å². The van der Waals surface area contributed by atoms with Crippen molar-refractivity contribution in [1.82, 2.24) is 5.32 Å². The lowest BCUT2D eigenvalue weighted by molar-refractivity contribution is 0.264. The molecule has 43 valence electrons. The monoisotopic (exact) mass is 104 g/mol. The van der Waals surface area contributed by atoms with Crippen molar-refractivity contribution in [3.63, 3.8) is 0 Å². The topological polar surface area (TPSA) is 54.6 Å². The van der Waals surface area contributed by atoms with Crippen LogP contribution in [-0.2, 0) is 0 Å². The van der Waals surface area contributed by atoms with Gasteiger partial charge in [-0.25, -0.2) is 5.32 Å². The fourth-order valence-electron chi connectivity index (χ4n) is 0.253. The molecule has 0 aromatic rings. The van der Waals surface area contributed by atoms with Crippen molar-refractivity contribution in [3.05, 3.63) is 0 Å². The van der Waals surface area contributed by atoms with E-state index in [0.29, 0.717) is 13.1 Å². The van der Waals surface area contributed by atoms with Crippen molar-refractivity contribution in [2.45, 2.75) is 0 Å². The Morgan fingerprint density at radius 3 is 1.71 bits per heavy atom. The van der Waals surface area contributed by atoms with E-state index in [0.717, 1.165) is 0 Å². The van der Waals surface area contributed by atoms with Crippen LogP contribution in [0.25, 0.3) is 0 Å². The molecule has 0 aliphatic carbocycles. The first kappa shape index (κ1) is 6.88. The summed E-state index contributed by atoms with van der Waals surface area (Å²) in [6.07, 6.45) is 0. The van der Waals surface area contributed by atoms with Gasteiger partial charge in [-0.15, -0.1) is 0 Å². The van der Waals surface area contributed by atoms with E-state index in [1.54, 1.807) is 0 Å². The van der Waals surface area contributed by atoms with Gasteiger partial charge in [0.25, 0.3) is 0 Å². The summed E-state index contributed by atoms with van der Waals surface area (Å²) in [4.78, 5) is 0. The van der Waals surface area contributed by atoms with Gasteiger partial charge < -0.3 is 10.2 Å². The summed E-state index contributed by atoms with van der Waals surface area (Å²) in [5.74, 6) is 0. The summed E-state index contributed by atoms with van der Waals surface area (Å²) in [7, 11) is 0. The summed E-state index contributed by atoms with van der Waals surface area (Å²) in [5.41, 5.74) is 0. The highest BCUT2D eigenvalue weighted by molar-refractivity contribution is 4.39. The van der Waals surface area contributed by atoms with Gasteiger partial charge in [-0.3, -0.25) is 0 Å². The van der Waals surface area contributed by atoms with E-state index < -0.39 is 0 Å². The number of aliphatic hydroxyl groups excluding tert-OH is 2. The predicted octanol–water partition coefficient (Wildman–Crippen LogP) is -1.42. The molecular weight excluding hydrogens is 94.0 g/mol. The van der Waals surface area contributed by atoms with Gasteiger partial charge >= 0.3 is 0 Å². The Labute approximate surface area is 43.0 Å². The maximum absolute atomic E-state index is 8.12. The molecule has 0 aliphatic heterocycles. The molecule has 0 spiro atoms.